The van der Waals surface area contributed by atoms with E-state index in [2.05, 4.69) is 0 Å². The second-order valence-corrected chi connectivity index (χ2v) is 5.88. The zero-order valence-corrected chi connectivity index (χ0v) is 10.6. The summed E-state index contributed by atoms with van der Waals surface area (Å²) in [6.07, 6.45) is 0.106. The van der Waals surface area contributed by atoms with Gasteiger partial charge in [0.05, 0.1) is 0 Å². The fourth-order valence-corrected chi connectivity index (χ4v) is 2.86. The van der Waals surface area contributed by atoms with E-state index in [9.17, 15) is 9.36 Å². The Morgan fingerprint density at radius 1 is 1.29 bits per heavy atom. The lowest BCUT2D eigenvalue weighted by Crippen LogP contribution is -2.24. The quantitative estimate of drug-likeness (QED) is 0.791. The summed E-state index contributed by atoms with van der Waals surface area (Å²) in [4.78, 5) is 11.1. The van der Waals surface area contributed by atoms with Crippen molar-refractivity contribution >= 4 is 13.6 Å². The topological polar surface area (TPSA) is 72.8 Å². The number of carboxylic acid groups (broad SMARTS) is 1. The van der Waals surface area contributed by atoms with Crippen molar-refractivity contribution in [2.75, 3.05) is 14.2 Å². The number of carboxylic acids is 1. The molecule has 0 amide bonds. The highest BCUT2D eigenvalue weighted by atomic mass is 31.2. The Kier molecular flexibility index (Phi) is 4.87. The summed E-state index contributed by atoms with van der Waals surface area (Å²) < 4.78 is 21.5. The van der Waals surface area contributed by atoms with Crippen LogP contribution < -0.4 is 0 Å². The molecule has 0 aliphatic rings. The highest BCUT2D eigenvalue weighted by molar-refractivity contribution is 7.55. The molecule has 0 fully saturated rings. The summed E-state index contributed by atoms with van der Waals surface area (Å²) in [6, 6.07) is 8.94. The van der Waals surface area contributed by atoms with Crippen LogP contribution in [0.25, 0.3) is 0 Å². The van der Waals surface area contributed by atoms with E-state index in [0.29, 0.717) is 0 Å². The van der Waals surface area contributed by atoms with Crippen LogP contribution in [0, 0.1) is 0 Å². The fraction of sp³-hybridized carbons (Fsp3) is 0.364. The van der Waals surface area contributed by atoms with Crippen LogP contribution in [0.4, 0.5) is 0 Å². The zero-order valence-electron chi connectivity index (χ0n) is 9.70. The summed E-state index contributed by atoms with van der Waals surface area (Å²) in [7, 11) is -1.24. The van der Waals surface area contributed by atoms with Gasteiger partial charge in [0.2, 0.25) is 0 Å². The number of rotatable bonds is 6. The SMILES string of the molecule is COP(=O)(OC)C(Cc1ccccc1)C(=O)O. The van der Waals surface area contributed by atoms with Crippen molar-refractivity contribution in [3.05, 3.63) is 35.9 Å². The average Bonchev–Trinajstić information content (AvgIpc) is 2.36. The second-order valence-electron chi connectivity index (χ2n) is 3.45. The highest BCUT2D eigenvalue weighted by Gasteiger charge is 2.39. The summed E-state index contributed by atoms with van der Waals surface area (Å²) in [5.41, 5.74) is -0.422. The maximum absolute atomic E-state index is 12.1. The van der Waals surface area contributed by atoms with Crippen molar-refractivity contribution < 1.29 is 23.5 Å². The number of hydrogen-bond acceptors (Lipinski definition) is 4. The predicted octanol–water partition coefficient (Wildman–Crippen LogP) is 2.17. The van der Waals surface area contributed by atoms with Gasteiger partial charge in [0.15, 0.2) is 5.66 Å². The molecule has 0 radical (unpaired) electrons. The molecule has 0 aromatic heterocycles. The lowest BCUT2D eigenvalue weighted by molar-refractivity contribution is -0.136. The van der Waals surface area contributed by atoms with E-state index < -0.39 is 19.2 Å². The lowest BCUT2D eigenvalue weighted by Gasteiger charge is -2.20. The van der Waals surface area contributed by atoms with Crippen LogP contribution in [-0.2, 0) is 24.8 Å². The normalized spacial score (nSPS) is 13.3. The minimum Gasteiger partial charge on any atom is -0.481 e. The summed E-state index contributed by atoms with van der Waals surface area (Å²) in [5, 5.41) is 9.10. The first-order chi connectivity index (χ1) is 8.03. The van der Waals surface area contributed by atoms with E-state index in [0.717, 1.165) is 5.56 Å². The van der Waals surface area contributed by atoms with Crippen molar-refractivity contribution in [2.45, 2.75) is 12.1 Å². The van der Waals surface area contributed by atoms with Crippen LogP contribution in [0.15, 0.2) is 30.3 Å². The minimum atomic E-state index is -3.61. The molecular weight excluding hydrogens is 243 g/mol. The minimum absolute atomic E-state index is 0.106. The largest absolute Gasteiger partial charge is 0.481 e. The maximum Gasteiger partial charge on any atom is 0.344 e. The van der Waals surface area contributed by atoms with Crippen LogP contribution >= 0.6 is 7.60 Å². The van der Waals surface area contributed by atoms with Gasteiger partial charge in [-0.05, 0) is 12.0 Å². The van der Waals surface area contributed by atoms with Crippen LogP contribution in [0.1, 0.15) is 5.56 Å². The third-order valence-corrected chi connectivity index (χ3v) is 4.63. The fourth-order valence-electron chi connectivity index (χ4n) is 1.50. The molecule has 1 atom stereocenters. The molecule has 94 valence electrons. The molecule has 1 N–H and O–H groups in total. The molecule has 0 aliphatic heterocycles. The molecule has 0 saturated carbocycles. The molecule has 1 rings (SSSR count). The van der Waals surface area contributed by atoms with Gasteiger partial charge in [-0.1, -0.05) is 30.3 Å². The van der Waals surface area contributed by atoms with Gasteiger partial charge in [0, 0.05) is 14.2 Å². The molecule has 1 aromatic carbocycles. The summed E-state index contributed by atoms with van der Waals surface area (Å²) in [5.74, 6) is -1.19. The Morgan fingerprint density at radius 3 is 2.24 bits per heavy atom. The smallest absolute Gasteiger partial charge is 0.344 e. The Hall–Kier alpha value is -1.16. The van der Waals surface area contributed by atoms with Gasteiger partial charge in [0.25, 0.3) is 0 Å². The average molecular weight is 258 g/mol. The van der Waals surface area contributed by atoms with Gasteiger partial charge in [-0.3, -0.25) is 9.36 Å². The van der Waals surface area contributed by atoms with E-state index in [1.165, 1.54) is 14.2 Å². The molecule has 0 spiro atoms. The Bertz CT molecular complexity index is 409. The van der Waals surface area contributed by atoms with Crippen LogP contribution in [0.2, 0.25) is 0 Å². The molecule has 0 heterocycles. The molecule has 1 unspecified atom stereocenters. The van der Waals surface area contributed by atoms with E-state index in [1.807, 2.05) is 6.07 Å². The number of hydrogen-bond donors (Lipinski definition) is 1. The molecule has 5 nitrogen and oxygen atoms in total. The van der Waals surface area contributed by atoms with Crippen molar-refractivity contribution in [3.63, 3.8) is 0 Å². The third kappa shape index (κ3) is 3.40. The predicted molar refractivity (Wildman–Crippen MR) is 63.2 cm³/mol. The molecule has 0 bridgehead atoms. The highest BCUT2D eigenvalue weighted by Crippen LogP contribution is 2.52. The lowest BCUT2D eigenvalue weighted by atomic mass is 10.1. The van der Waals surface area contributed by atoms with Gasteiger partial charge in [-0.2, -0.15) is 0 Å². The van der Waals surface area contributed by atoms with Gasteiger partial charge in [-0.25, -0.2) is 0 Å². The molecule has 17 heavy (non-hydrogen) atoms. The van der Waals surface area contributed by atoms with Crippen LogP contribution in [0.3, 0.4) is 0 Å². The summed E-state index contributed by atoms with van der Waals surface area (Å²) in [6.45, 7) is 0. The van der Waals surface area contributed by atoms with Gasteiger partial charge < -0.3 is 14.2 Å². The van der Waals surface area contributed by atoms with E-state index in [1.54, 1.807) is 24.3 Å². The Morgan fingerprint density at radius 2 is 1.82 bits per heavy atom. The molecular formula is C11H15O5P. The van der Waals surface area contributed by atoms with Gasteiger partial charge >= 0.3 is 13.6 Å². The maximum atomic E-state index is 12.1. The first-order valence-corrected chi connectivity index (χ1v) is 6.62. The van der Waals surface area contributed by atoms with E-state index in [-0.39, 0.29) is 6.42 Å². The van der Waals surface area contributed by atoms with Crippen molar-refractivity contribution in [1.82, 2.24) is 0 Å². The monoisotopic (exact) mass is 258 g/mol. The molecule has 0 aliphatic carbocycles. The van der Waals surface area contributed by atoms with Crippen molar-refractivity contribution in [2.24, 2.45) is 0 Å². The van der Waals surface area contributed by atoms with E-state index >= 15 is 0 Å². The Balaban J connectivity index is 2.96. The van der Waals surface area contributed by atoms with Gasteiger partial charge in [-0.15, -0.1) is 0 Å². The molecule has 6 heteroatoms. The van der Waals surface area contributed by atoms with Gasteiger partial charge in [0.1, 0.15) is 0 Å². The van der Waals surface area contributed by atoms with Crippen LogP contribution in [-0.4, -0.2) is 31.0 Å². The number of benzene rings is 1. The number of aliphatic carboxylic acids is 1. The van der Waals surface area contributed by atoms with E-state index in [4.69, 9.17) is 14.2 Å². The zero-order chi connectivity index (χ0) is 12.9. The Labute approximate surface area is 99.9 Å². The first kappa shape index (κ1) is 13.9. The molecule has 0 saturated heterocycles. The number of carbonyl (C=O) groups is 1. The van der Waals surface area contributed by atoms with Crippen LogP contribution in [0.5, 0.6) is 0 Å². The summed E-state index contributed by atoms with van der Waals surface area (Å²) >= 11 is 0. The molecule has 1 aromatic rings. The van der Waals surface area contributed by atoms with Crippen molar-refractivity contribution in [3.8, 4) is 0 Å². The first-order valence-electron chi connectivity index (χ1n) is 5.01. The van der Waals surface area contributed by atoms with Crippen molar-refractivity contribution in [1.29, 1.82) is 0 Å². The third-order valence-electron chi connectivity index (χ3n) is 2.45. The standard InChI is InChI=1S/C11H15O5P/c1-15-17(14,16-2)10(11(12)13)8-9-6-4-3-5-7-9/h3-7,10H,8H2,1-2H3,(H,12,13). The second kappa shape index (κ2) is 5.96.